The Morgan fingerprint density at radius 1 is 1.46 bits per heavy atom. The topological polar surface area (TPSA) is 26.3 Å². The van der Waals surface area contributed by atoms with E-state index in [-0.39, 0.29) is 11.6 Å². The number of cyclic esters (lactones) is 1. The van der Waals surface area contributed by atoms with E-state index in [2.05, 4.69) is 13.8 Å². The Bertz CT molecular complexity index is 265. The molecule has 2 heteroatoms. The van der Waals surface area contributed by atoms with E-state index in [1.165, 1.54) is 0 Å². The molecule has 2 nitrogen and oxygen atoms in total. The molecule has 0 aromatic carbocycles. The molecule has 0 spiro atoms. The van der Waals surface area contributed by atoms with Crippen LogP contribution in [0, 0.1) is 5.92 Å². The maximum absolute atomic E-state index is 11.3. The third-order valence-electron chi connectivity index (χ3n) is 3.47. The minimum absolute atomic E-state index is 0.152. The minimum Gasteiger partial charge on any atom is -0.451 e. The monoisotopic (exact) mass is 182 g/mol. The summed E-state index contributed by atoms with van der Waals surface area (Å²) in [5.74, 6) is 0.231. The molecule has 0 fully saturated rings. The van der Waals surface area contributed by atoms with Gasteiger partial charge in [0.25, 0.3) is 0 Å². The highest BCUT2D eigenvalue weighted by Gasteiger charge is 2.43. The standard InChI is InChI=1S/C11H18O2/c1-6-7(2)11(5)9(4)8(3)10(12)13-11/h7H,6H2,1-5H3. The van der Waals surface area contributed by atoms with Gasteiger partial charge in [0.1, 0.15) is 5.60 Å². The van der Waals surface area contributed by atoms with Crippen molar-refractivity contribution in [1.82, 2.24) is 0 Å². The van der Waals surface area contributed by atoms with Crippen LogP contribution < -0.4 is 0 Å². The third kappa shape index (κ3) is 1.38. The van der Waals surface area contributed by atoms with E-state index in [0.717, 1.165) is 17.6 Å². The normalized spacial score (nSPS) is 30.7. The van der Waals surface area contributed by atoms with Crippen molar-refractivity contribution >= 4 is 5.97 Å². The molecule has 1 heterocycles. The molecule has 0 aromatic rings. The van der Waals surface area contributed by atoms with E-state index >= 15 is 0 Å². The molecule has 0 saturated carbocycles. The van der Waals surface area contributed by atoms with E-state index in [1.54, 1.807) is 0 Å². The first-order valence-electron chi connectivity index (χ1n) is 4.84. The summed E-state index contributed by atoms with van der Waals surface area (Å²) in [6, 6.07) is 0. The van der Waals surface area contributed by atoms with Gasteiger partial charge in [0, 0.05) is 5.57 Å². The average Bonchev–Trinajstić information content (AvgIpc) is 2.30. The van der Waals surface area contributed by atoms with Gasteiger partial charge in [-0.05, 0) is 38.7 Å². The van der Waals surface area contributed by atoms with E-state index in [4.69, 9.17) is 4.74 Å². The van der Waals surface area contributed by atoms with Gasteiger partial charge >= 0.3 is 5.97 Å². The molecule has 2 unspecified atom stereocenters. The van der Waals surface area contributed by atoms with Crippen LogP contribution in [0.2, 0.25) is 0 Å². The zero-order valence-electron chi connectivity index (χ0n) is 9.10. The van der Waals surface area contributed by atoms with Gasteiger partial charge in [-0.2, -0.15) is 0 Å². The van der Waals surface area contributed by atoms with Crippen molar-refractivity contribution in [3.05, 3.63) is 11.1 Å². The molecule has 0 saturated heterocycles. The van der Waals surface area contributed by atoms with Gasteiger partial charge in [0.15, 0.2) is 0 Å². The fourth-order valence-electron chi connectivity index (χ4n) is 1.73. The molecule has 0 aromatic heterocycles. The van der Waals surface area contributed by atoms with Crippen molar-refractivity contribution in [1.29, 1.82) is 0 Å². The van der Waals surface area contributed by atoms with Gasteiger partial charge in [-0.3, -0.25) is 0 Å². The lowest BCUT2D eigenvalue weighted by Gasteiger charge is -2.31. The summed E-state index contributed by atoms with van der Waals surface area (Å²) in [5, 5.41) is 0. The predicted octanol–water partition coefficient (Wildman–Crippen LogP) is 2.68. The van der Waals surface area contributed by atoms with Crippen LogP contribution in [0.3, 0.4) is 0 Å². The average molecular weight is 182 g/mol. The number of carbonyl (C=O) groups is 1. The molecule has 13 heavy (non-hydrogen) atoms. The molecular formula is C11H18O2. The number of carbonyl (C=O) groups excluding carboxylic acids is 1. The Kier molecular flexibility index (Phi) is 2.51. The second kappa shape index (κ2) is 3.17. The van der Waals surface area contributed by atoms with E-state index in [0.29, 0.717) is 5.92 Å². The molecule has 0 radical (unpaired) electrons. The Labute approximate surface area is 80.0 Å². The second-order valence-electron chi connectivity index (χ2n) is 4.06. The quantitative estimate of drug-likeness (QED) is 0.614. The summed E-state index contributed by atoms with van der Waals surface area (Å²) in [6.07, 6.45) is 1.02. The van der Waals surface area contributed by atoms with Gasteiger partial charge in [-0.25, -0.2) is 4.79 Å². The summed E-state index contributed by atoms with van der Waals surface area (Å²) < 4.78 is 5.41. The Morgan fingerprint density at radius 2 is 2.00 bits per heavy atom. The SMILES string of the molecule is CCC(C)C1(C)OC(=O)C(C)=C1C. The van der Waals surface area contributed by atoms with E-state index in [1.807, 2.05) is 20.8 Å². The van der Waals surface area contributed by atoms with Crippen LogP contribution in [0.25, 0.3) is 0 Å². The van der Waals surface area contributed by atoms with Gasteiger partial charge in [0.05, 0.1) is 0 Å². The molecule has 0 aliphatic carbocycles. The first-order valence-corrected chi connectivity index (χ1v) is 4.84. The van der Waals surface area contributed by atoms with Crippen molar-refractivity contribution in [2.24, 2.45) is 5.92 Å². The molecule has 0 bridgehead atoms. The van der Waals surface area contributed by atoms with E-state index < -0.39 is 0 Å². The van der Waals surface area contributed by atoms with Gasteiger partial charge in [0.2, 0.25) is 0 Å². The zero-order valence-corrected chi connectivity index (χ0v) is 9.10. The van der Waals surface area contributed by atoms with Crippen molar-refractivity contribution in [3.63, 3.8) is 0 Å². The first-order chi connectivity index (χ1) is 5.93. The highest BCUT2D eigenvalue weighted by Crippen LogP contribution is 2.39. The van der Waals surface area contributed by atoms with Crippen molar-refractivity contribution in [2.45, 2.75) is 46.6 Å². The summed E-state index contributed by atoms with van der Waals surface area (Å²) >= 11 is 0. The maximum Gasteiger partial charge on any atom is 0.334 e. The molecule has 0 N–H and O–H groups in total. The van der Waals surface area contributed by atoms with Crippen molar-refractivity contribution in [3.8, 4) is 0 Å². The number of esters is 1. The van der Waals surface area contributed by atoms with Gasteiger partial charge in [-0.15, -0.1) is 0 Å². The smallest absolute Gasteiger partial charge is 0.334 e. The summed E-state index contributed by atoms with van der Waals surface area (Å²) in [5.41, 5.74) is 1.50. The Balaban J connectivity index is 3.03. The summed E-state index contributed by atoms with van der Waals surface area (Å²) in [6.45, 7) is 10.1. The van der Waals surface area contributed by atoms with Crippen LogP contribution in [-0.4, -0.2) is 11.6 Å². The predicted molar refractivity (Wildman–Crippen MR) is 52.3 cm³/mol. The van der Waals surface area contributed by atoms with Crippen LogP contribution in [-0.2, 0) is 9.53 Å². The third-order valence-corrected chi connectivity index (χ3v) is 3.47. The first kappa shape index (κ1) is 10.3. The van der Waals surface area contributed by atoms with Crippen LogP contribution in [0.15, 0.2) is 11.1 Å². The van der Waals surface area contributed by atoms with Gasteiger partial charge < -0.3 is 4.74 Å². The number of hydrogen-bond donors (Lipinski definition) is 0. The summed E-state index contributed by atoms with van der Waals surface area (Å²) in [4.78, 5) is 11.3. The number of rotatable bonds is 2. The highest BCUT2D eigenvalue weighted by molar-refractivity contribution is 5.92. The maximum atomic E-state index is 11.3. The molecule has 1 aliphatic heterocycles. The van der Waals surface area contributed by atoms with Crippen LogP contribution in [0.5, 0.6) is 0 Å². The van der Waals surface area contributed by atoms with Crippen molar-refractivity contribution in [2.75, 3.05) is 0 Å². The Morgan fingerprint density at radius 3 is 2.31 bits per heavy atom. The summed E-state index contributed by atoms with van der Waals surface area (Å²) in [7, 11) is 0. The number of hydrogen-bond acceptors (Lipinski definition) is 2. The van der Waals surface area contributed by atoms with E-state index in [9.17, 15) is 4.79 Å². The molecule has 1 aliphatic rings. The minimum atomic E-state index is -0.365. The van der Waals surface area contributed by atoms with Crippen LogP contribution in [0.1, 0.15) is 41.0 Å². The number of ether oxygens (including phenoxy) is 1. The van der Waals surface area contributed by atoms with Crippen molar-refractivity contribution < 1.29 is 9.53 Å². The van der Waals surface area contributed by atoms with Crippen LogP contribution >= 0.6 is 0 Å². The largest absolute Gasteiger partial charge is 0.451 e. The van der Waals surface area contributed by atoms with Crippen LogP contribution in [0.4, 0.5) is 0 Å². The lowest BCUT2D eigenvalue weighted by Crippen LogP contribution is -2.34. The zero-order chi connectivity index (χ0) is 10.2. The highest BCUT2D eigenvalue weighted by atomic mass is 16.6. The second-order valence-corrected chi connectivity index (χ2v) is 4.06. The molecule has 2 atom stereocenters. The van der Waals surface area contributed by atoms with Gasteiger partial charge in [-0.1, -0.05) is 13.8 Å². The lowest BCUT2D eigenvalue weighted by molar-refractivity contribution is -0.149. The molecule has 1 rings (SSSR count). The molecule has 0 amide bonds. The molecular weight excluding hydrogens is 164 g/mol. The lowest BCUT2D eigenvalue weighted by atomic mass is 9.82. The fourth-order valence-corrected chi connectivity index (χ4v) is 1.73. The molecule has 74 valence electrons. The Hall–Kier alpha value is -0.790. The fraction of sp³-hybridized carbons (Fsp3) is 0.727.